The lowest BCUT2D eigenvalue weighted by atomic mass is 9.82. The van der Waals surface area contributed by atoms with Gasteiger partial charge in [-0.2, -0.15) is 0 Å². The quantitative estimate of drug-likeness (QED) is 0.205. The molecule has 1 aliphatic heterocycles. The number of para-hydroxylation sites is 2. The average molecular weight is 619 g/mol. The fraction of sp³-hybridized carbons (Fsp3) is 0.156. The van der Waals surface area contributed by atoms with E-state index in [-0.39, 0.29) is 11.5 Å². The highest BCUT2D eigenvalue weighted by molar-refractivity contribution is 6.10. The van der Waals surface area contributed by atoms with Gasteiger partial charge in [-0.25, -0.2) is 0 Å². The van der Waals surface area contributed by atoms with Crippen molar-refractivity contribution in [2.45, 2.75) is 44.6 Å². The van der Waals surface area contributed by atoms with Crippen LogP contribution in [0.15, 0.2) is 132 Å². The van der Waals surface area contributed by atoms with Gasteiger partial charge in [-0.05, 0) is 107 Å². The van der Waals surface area contributed by atoms with Crippen molar-refractivity contribution in [3.8, 4) is 27.9 Å². The molecule has 3 nitrogen and oxygen atoms in total. The lowest BCUT2D eigenvalue weighted by Gasteiger charge is -2.21. The normalized spacial score (nSPS) is 18.5. The van der Waals surface area contributed by atoms with Crippen LogP contribution >= 0.6 is 0 Å². The Morgan fingerprint density at radius 1 is 0.750 bits per heavy atom. The molecule has 0 radical (unpaired) electrons. The van der Waals surface area contributed by atoms with Crippen molar-refractivity contribution in [3.63, 3.8) is 0 Å². The van der Waals surface area contributed by atoms with Gasteiger partial charge < -0.3 is 14.3 Å². The summed E-state index contributed by atoms with van der Waals surface area (Å²) in [6.45, 7) is 4.74. The Labute approximate surface area is 279 Å². The van der Waals surface area contributed by atoms with Crippen molar-refractivity contribution in [3.05, 3.63) is 155 Å². The van der Waals surface area contributed by atoms with E-state index in [0.717, 1.165) is 25.0 Å². The van der Waals surface area contributed by atoms with Crippen LogP contribution in [0.4, 0.5) is 0 Å². The number of aromatic amines is 1. The molecule has 1 unspecified atom stereocenters. The smallest absolute Gasteiger partial charge is 0.130 e. The van der Waals surface area contributed by atoms with Gasteiger partial charge in [0, 0.05) is 67.1 Å². The van der Waals surface area contributed by atoms with Crippen molar-refractivity contribution < 1.29 is 4.74 Å². The minimum atomic E-state index is -0.0709. The van der Waals surface area contributed by atoms with Gasteiger partial charge in [-0.1, -0.05) is 74.5 Å². The molecule has 0 saturated carbocycles. The summed E-state index contributed by atoms with van der Waals surface area (Å²) >= 11 is 0. The molecule has 2 aromatic heterocycles. The summed E-state index contributed by atoms with van der Waals surface area (Å²) < 4.78 is 9.01. The molecule has 1 atom stereocenters. The summed E-state index contributed by atoms with van der Waals surface area (Å²) in [6.07, 6.45) is 9.97. The van der Waals surface area contributed by atoms with Crippen LogP contribution in [0.2, 0.25) is 0 Å². The van der Waals surface area contributed by atoms with Crippen molar-refractivity contribution >= 4 is 38.8 Å². The zero-order valence-electron chi connectivity index (χ0n) is 27.1. The summed E-state index contributed by atoms with van der Waals surface area (Å²) in [4.78, 5) is 3.67. The number of fused-ring (bicyclic) bond motifs is 11. The number of hydrogen-bond donors (Lipinski definition) is 1. The summed E-state index contributed by atoms with van der Waals surface area (Å²) in [5.41, 5.74) is 18.2. The van der Waals surface area contributed by atoms with Crippen molar-refractivity contribution in [1.29, 1.82) is 0 Å². The van der Waals surface area contributed by atoms with Crippen LogP contribution in [0.3, 0.4) is 0 Å². The number of ether oxygens (including phenoxy) is 1. The predicted molar refractivity (Wildman–Crippen MR) is 198 cm³/mol. The molecular weight excluding hydrogens is 585 g/mol. The molecule has 3 heteroatoms. The predicted octanol–water partition coefficient (Wildman–Crippen LogP) is 11.2. The molecule has 7 aromatic rings. The van der Waals surface area contributed by atoms with E-state index in [1.165, 1.54) is 94.2 Å². The van der Waals surface area contributed by atoms with E-state index in [1.807, 2.05) is 0 Å². The van der Waals surface area contributed by atoms with Crippen LogP contribution in [0.1, 0.15) is 49.1 Å². The lowest BCUT2D eigenvalue weighted by Crippen LogP contribution is -2.19. The second-order valence-corrected chi connectivity index (χ2v) is 14.5. The molecule has 0 amide bonds. The maximum absolute atomic E-state index is 6.55. The highest BCUT2D eigenvalue weighted by Gasteiger charge is 2.38. The first-order valence-corrected chi connectivity index (χ1v) is 17.2. The van der Waals surface area contributed by atoms with E-state index in [0.29, 0.717) is 0 Å². The van der Waals surface area contributed by atoms with Gasteiger partial charge in [0.15, 0.2) is 0 Å². The maximum Gasteiger partial charge on any atom is 0.130 e. The maximum atomic E-state index is 6.55. The van der Waals surface area contributed by atoms with Crippen molar-refractivity contribution in [2.24, 2.45) is 0 Å². The fourth-order valence-electron chi connectivity index (χ4n) is 9.17. The standard InChI is InChI=1S/C45H34N2O/c1-45(2)37-18-16-26(20-31(37)32-22-33-29-12-6-8-14-39(29)46-40(33)24-38(32)45)27-17-19-41-34(21-27)35-23-36-30-13-7-9-15-43(30)48-44(36)25-42(35)47(41)28-10-4-3-5-11-28/h3-6,8-12,14-24,44,46H,7,13,25H2,1-2H3. The Kier molecular flexibility index (Phi) is 5.13. The molecule has 11 rings (SSSR count). The summed E-state index contributed by atoms with van der Waals surface area (Å²) in [6, 6.07) is 38.5. The van der Waals surface area contributed by atoms with Gasteiger partial charge in [-0.15, -0.1) is 0 Å². The van der Waals surface area contributed by atoms with E-state index >= 15 is 0 Å². The summed E-state index contributed by atoms with van der Waals surface area (Å²) in [5, 5.41) is 3.88. The number of allylic oxidation sites excluding steroid dienone is 2. The van der Waals surface area contributed by atoms with E-state index in [9.17, 15) is 0 Å². The Morgan fingerprint density at radius 3 is 2.48 bits per heavy atom. The van der Waals surface area contributed by atoms with Crippen LogP contribution in [0.25, 0.3) is 66.7 Å². The zero-order chi connectivity index (χ0) is 31.7. The minimum absolute atomic E-state index is 0.0709. The Hall–Kier alpha value is -5.54. The van der Waals surface area contributed by atoms with Gasteiger partial charge in [0.05, 0.1) is 5.52 Å². The van der Waals surface area contributed by atoms with E-state index in [2.05, 4.69) is 145 Å². The number of hydrogen-bond acceptors (Lipinski definition) is 1. The number of nitrogens with one attached hydrogen (secondary N) is 1. The molecule has 0 spiro atoms. The van der Waals surface area contributed by atoms with Gasteiger partial charge >= 0.3 is 0 Å². The molecule has 230 valence electrons. The van der Waals surface area contributed by atoms with Gasteiger partial charge in [0.25, 0.3) is 0 Å². The number of H-pyrrole nitrogens is 1. The summed E-state index contributed by atoms with van der Waals surface area (Å²) in [7, 11) is 0. The second kappa shape index (κ2) is 9.29. The van der Waals surface area contributed by atoms with Crippen molar-refractivity contribution in [2.75, 3.05) is 0 Å². The molecule has 4 aliphatic rings. The first-order chi connectivity index (χ1) is 23.5. The van der Waals surface area contributed by atoms with E-state index in [1.54, 1.807) is 0 Å². The van der Waals surface area contributed by atoms with E-state index in [4.69, 9.17) is 4.74 Å². The Balaban J connectivity index is 1.10. The third-order valence-corrected chi connectivity index (χ3v) is 11.5. The van der Waals surface area contributed by atoms with Crippen LogP contribution in [0.5, 0.6) is 0 Å². The molecule has 0 fully saturated rings. The first-order valence-electron chi connectivity index (χ1n) is 17.2. The summed E-state index contributed by atoms with van der Waals surface area (Å²) in [5.74, 6) is 1.07. The van der Waals surface area contributed by atoms with Crippen LogP contribution < -0.4 is 0 Å². The van der Waals surface area contributed by atoms with Gasteiger partial charge in [-0.3, -0.25) is 0 Å². The first kappa shape index (κ1) is 26.5. The number of benzene rings is 5. The van der Waals surface area contributed by atoms with Gasteiger partial charge in [0.2, 0.25) is 0 Å². The highest BCUT2D eigenvalue weighted by atomic mass is 16.5. The largest absolute Gasteiger partial charge is 0.485 e. The lowest BCUT2D eigenvalue weighted by molar-refractivity contribution is 0.174. The highest BCUT2D eigenvalue weighted by Crippen LogP contribution is 2.52. The van der Waals surface area contributed by atoms with Crippen LogP contribution in [-0.4, -0.2) is 15.7 Å². The molecule has 0 saturated heterocycles. The SMILES string of the molecule is CC1(C)c2ccc(-c3ccc4c(c3)c3c(n4-c4ccccc4)CC4OC5=C(CCC=C5)C4=C3)cc2-c2cc3c(cc21)[nH]c1ccccc13. The fourth-order valence-corrected chi connectivity index (χ4v) is 9.17. The van der Waals surface area contributed by atoms with Crippen molar-refractivity contribution in [1.82, 2.24) is 9.55 Å². The Morgan fingerprint density at radius 2 is 1.56 bits per heavy atom. The third kappa shape index (κ3) is 3.48. The van der Waals surface area contributed by atoms with E-state index < -0.39 is 0 Å². The molecule has 1 N–H and O–H groups in total. The van der Waals surface area contributed by atoms with Crippen LogP contribution in [-0.2, 0) is 16.6 Å². The average Bonchev–Trinajstić information content (AvgIpc) is 3.83. The number of rotatable bonds is 2. The molecular formula is C45H34N2O. The third-order valence-electron chi connectivity index (χ3n) is 11.5. The molecule has 0 bridgehead atoms. The molecule has 48 heavy (non-hydrogen) atoms. The number of nitrogens with zero attached hydrogens (tertiary/aromatic N) is 1. The molecule has 3 heterocycles. The second-order valence-electron chi connectivity index (χ2n) is 14.5. The zero-order valence-corrected chi connectivity index (χ0v) is 27.1. The monoisotopic (exact) mass is 618 g/mol. The number of aromatic nitrogens is 2. The molecule has 5 aromatic carbocycles. The topological polar surface area (TPSA) is 29.9 Å². The van der Waals surface area contributed by atoms with Gasteiger partial charge in [0.1, 0.15) is 11.9 Å². The Bertz CT molecular complexity index is 2640. The van der Waals surface area contributed by atoms with Crippen LogP contribution in [0, 0.1) is 0 Å². The minimum Gasteiger partial charge on any atom is -0.485 e. The molecule has 3 aliphatic carbocycles.